The second kappa shape index (κ2) is 5.64. The SMILES string of the molecule is CCC(CC(C)C)CC1CCCN1. The van der Waals surface area contributed by atoms with E-state index in [1.54, 1.807) is 0 Å². The second-order valence-electron chi connectivity index (χ2n) is 4.93. The van der Waals surface area contributed by atoms with Gasteiger partial charge in [0.2, 0.25) is 0 Å². The lowest BCUT2D eigenvalue weighted by molar-refractivity contribution is 0.338. The van der Waals surface area contributed by atoms with Crippen LogP contribution in [-0.2, 0) is 0 Å². The summed E-state index contributed by atoms with van der Waals surface area (Å²) in [6, 6.07) is 0.837. The van der Waals surface area contributed by atoms with Crippen molar-refractivity contribution in [3.63, 3.8) is 0 Å². The molecule has 1 saturated heterocycles. The molecule has 1 aliphatic heterocycles. The molecule has 0 spiro atoms. The van der Waals surface area contributed by atoms with Gasteiger partial charge in [0, 0.05) is 6.04 Å². The van der Waals surface area contributed by atoms with Crippen LogP contribution in [0.25, 0.3) is 0 Å². The highest BCUT2D eigenvalue weighted by atomic mass is 14.9. The number of nitrogens with one attached hydrogen (secondary N) is 1. The Morgan fingerprint density at radius 1 is 1.38 bits per heavy atom. The van der Waals surface area contributed by atoms with E-state index in [2.05, 4.69) is 26.1 Å². The van der Waals surface area contributed by atoms with Crippen molar-refractivity contribution in [3.05, 3.63) is 0 Å². The van der Waals surface area contributed by atoms with Gasteiger partial charge in [-0.25, -0.2) is 0 Å². The second-order valence-corrected chi connectivity index (χ2v) is 4.93. The third-order valence-electron chi connectivity index (χ3n) is 3.16. The maximum Gasteiger partial charge on any atom is 0.00701 e. The highest BCUT2D eigenvalue weighted by molar-refractivity contribution is 4.77. The molecule has 1 fully saturated rings. The van der Waals surface area contributed by atoms with Crippen LogP contribution >= 0.6 is 0 Å². The molecule has 1 N–H and O–H groups in total. The fourth-order valence-electron chi connectivity index (χ4n) is 2.46. The van der Waals surface area contributed by atoms with E-state index in [1.807, 2.05) is 0 Å². The summed E-state index contributed by atoms with van der Waals surface area (Å²) in [6.45, 7) is 8.26. The van der Waals surface area contributed by atoms with Crippen LogP contribution in [-0.4, -0.2) is 12.6 Å². The third kappa shape index (κ3) is 4.12. The average Bonchev–Trinajstić information content (AvgIpc) is 2.55. The van der Waals surface area contributed by atoms with E-state index in [1.165, 1.54) is 38.6 Å². The molecule has 1 heteroatoms. The van der Waals surface area contributed by atoms with Crippen molar-refractivity contribution in [1.82, 2.24) is 5.32 Å². The summed E-state index contributed by atoms with van der Waals surface area (Å²) >= 11 is 0. The first-order chi connectivity index (χ1) is 6.22. The van der Waals surface area contributed by atoms with Crippen molar-refractivity contribution in [1.29, 1.82) is 0 Å². The Kier molecular flexibility index (Phi) is 4.79. The first-order valence-corrected chi connectivity index (χ1v) is 5.95. The zero-order valence-corrected chi connectivity index (χ0v) is 9.47. The van der Waals surface area contributed by atoms with Crippen molar-refractivity contribution in [2.45, 2.75) is 58.9 Å². The summed E-state index contributed by atoms with van der Waals surface area (Å²) in [4.78, 5) is 0. The standard InChI is InChI=1S/C12H25N/c1-4-11(8-10(2)3)9-12-6-5-7-13-12/h10-13H,4-9H2,1-3H3. The van der Waals surface area contributed by atoms with Gasteiger partial charge in [0.15, 0.2) is 0 Å². The molecule has 1 rings (SSSR count). The Hall–Kier alpha value is -0.0400. The van der Waals surface area contributed by atoms with Gasteiger partial charge in [0.25, 0.3) is 0 Å². The first-order valence-electron chi connectivity index (χ1n) is 5.95. The van der Waals surface area contributed by atoms with Crippen LogP contribution < -0.4 is 5.32 Å². The highest BCUT2D eigenvalue weighted by Crippen LogP contribution is 2.23. The van der Waals surface area contributed by atoms with E-state index in [0.29, 0.717) is 0 Å². The van der Waals surface area contributed by atoms with Crippen LogP contribution in [0.4, 0.5) is 0 Å². The Balaban J connectivity index is 2.21. The normalized spacial score (nSPS) is 25.4. The number of rotatable bonds is 5. The fraction of sp³-hybridized carbons (Fsp3) is 1.00. The molecule has 78 valence electrons. The summed E-state index contributed by atoms with van der Waals surface area (Å²) < 4.78 is 0. The minimum Gasteiger partial charge on any atom is -0.314 e. The molecule has 2 unspecified atom stereocenters. The Morgan fingerprint density at radius 3 is 2.62 bits per heavy atom. The van der Waals surface area contributed by atoms with Crippen molar-refractivity contribution < 1.29 is 0 Å². The molecule has 1 nitrogen and oxygen atoms in total. The minimum atomic E-state index is 0.837. The Morgan fingerprint density at radius 2 is 2.15 bits per heavy atom. The van der Waals surface area contributed by atoms with Crippen LogP contribution in [0, 0.1) is 11.8 Å². The van der Waals surface area contributed by atoms with Gasteiger partial charge in [-0.2, -0.15) is 0 Å². The summed E-state index contributed by atoms with van der Waals surface area (Å²) in [5.41, 5.74) is 0. The molecule has 13 heavy (non-hydrogen) atoms. The topological polar surface area (TPSA) is 12.0 Å². The van der Waals surface area contributed by atoms with Crippen LogP contribution in [0.2, 0.25) is 0 Å². The van der Waals surface area contributed by atoms with Crippen molar-refractivity contribution in [3.8, 4) is 0 Å². The molecule has 0 amide bonds. The summed E-state index contributed by atoms with van der Waals surface area (Å²) in [5.74, 6) is 1.82. The van der Waals surface area contributed by atoms with Gasteiger partial charge < -0.3 is 5.32 Å². The lowest BCUT2D eigenvalue weighted by atomic mass is 9.89. The largest absolute Gasteiger partial charge is 0.314 e. The number of hydrogen-bond acceptors (Lipinski definition) is 1. The molecule has 0 radical (unpaired) electrons. The van der Waals surface area contributed by atoms with Gasteiger partial charge >= 0.3 is 0 Å². The van der Waals surface area contributed by atoms with Crippen LogP contribution in [0.1, 0.15) is 52.9 Å². The maximum absolute atomic E-state index is 3.59. The zero-order valence-electron chi connectivity index (χ0n) is 9.47. The Labute approximate surface area is 83.3 Å². The summed E-state index contributed by atoms with van der Waals surface area (Å²) in [7, 11) is 0. The first kappa shape index (κ1) is 11.0. The molecular formula is C12H25N. The van der Waals surface area contributed by atoms with E-state index in [-0.39, 0.29) is 0 Å². The van der Waals surface area contributed by atoms with Gasteiger partial charge in [0.1, 0.15) is 0 Å². The lowest BCUT2D eigenvalue weighted by Gasteiger charge is -2.20. The predicted octanol–water partition coefficient (Wildman–Crippen LogP) is 3.20. The summed E-state index contributed by atoms with van der Waals surface area (Å²) in [6.07, 6.45) is 6.98. The molecule has 0 aromatic heterocycles. The van der Waals surface area contributed by atoms with Crippen LogP contribution in [0.15, 0.2) is 0 Å². The van der Waals surface area contributed by atoms with E-state index in [4.69, 9.17) is 0 Å². The van der Waals surface area contributed by atoms with Crippen molar-refractivity contribution >= 4 is 0 Å². The molecule has 2 atom stereocenters. The van der Waals surface area contributed by atoms with E-state index >= 15 is 0 Å². The van der Waals surface area contributed by atoms with Crippen molar-refractivity contribution in [2.75, 3.05) is 6.54 Å². The molecule has 1 heterocycles. The van der Waals surface area contributed by atoms with E-state index in [9.17, 15) is 0 Å². The van der Waals surface area contributed by atoms with Crippen LogP contribution in [0.3, 0.4) is 0 Å². The van der Waals surface area contributed by atoms with Gasteiger partial charge in [-0.1, -0.05) is 27.2 Å². The van der Waals surface area contributed by atoms with E-state index in [0.717, 1.165) is 17.9 Å². The zero-order chi connectivity index (χ0) is 9.68. The van der Waals surface area contributed by atoms with Gasteiger partial charge in [0.05, 0.1) is 0 Å². The minimum absolute atomic E-state index is 0.837. The molecule has 1 aliphatic rings. The fourth-order valence-corrected chi connectivity index (χ4v) is 2.46. The molecular weight excluding hydrogens is 158 g/mol. The van der Waals surface area contributed by atoms with Crippen molar-refractivity contribution in [2.24, 2.45) is 11.8 Å². The summed E-state index contributed by atoms with van der Waals surface area (Å²) in [5, 5.41) is 3.59. The molecule has 0 aromatic carbocycles. The quantitative estimate of drug-likeness (QED) is 0.690. The van der Waals surface area contributed by atoms with Crippen LogP contribution in [0.5, 0.6) is 0 Å². The average molecular weight is 183 g/mol. The van der Waals surface area contributed by atoms with Gasteiger partial charge in [-0.3, -0.25) is 0 Å². The molecule has 0 bridgehead atoms. The molecule has 0 saturated carbocycles. The predicted molar refractivity (Wildman–Crippen MR) is 58.9 cm³/mol. The van der Waals surface area contributed by atoms with Gasteiger partial charge in [-0.05, 0) is 44.1 Å². The smallest absolute Gasteiger partial charge is 0.00701 e. The highest BCUT2D eigenvalue weighted by Gasteiger charge is 2.18. The Bertz CT molecular complexity index is 125. The van der Waals surface area contributed by atoms with Gasteiger partial charge in [-0.15, -0.1) is 0 Å². The molecule has 0 aliphatic carbocycles. The molecule has 0 aromatic rings. The third-order valence-corrected chi connectivity index (χ3v) is 3.16. The number of hydrogen-bond donors (Lipinski definition) is 1. The van der Waals surface area contributed by atoms with E-state index < -0.39 is 0 Å². The lowest BCUT2D eigenvalue weighted by Crippen LogP contribution is -2.24. The maximum atomic E-state index is 3.59. The monoisotopic (exact) mass is 183 g/mol.